The molecule has 0 spiro atoms. The summed E-state index contributed by atoms with van der Waals surface area (Å²) in [6.45, 7) is 2.36. The molecule has 1 aliphatic carbocycles. The highest BCUT2D eigenvalue weighted by Gasteiger charge is 2.34. The van der Waals surface area contributed by atoms with E-state index in [0.29, 0.717) is 6.04 Å². The van der Waals surface area contributed by atoms with Crippen LogP contribution in [0.2, 0.25) is 0 Å². The third-order valence-corrected chi connectivity index (χ3v) is 5.65. The van der Waals surface area contributed by atoms with Gasteiger partial charge in [0.2, 0.25) is 0 Å². The van der Waals surface area contributed by atoms with Crippen LogP contribution >= 0.6 is 0 Å². The quantitative estimate of drug-likeness (QED) is 0.774. The van der Waals surface area contributed by atoms with Crippen molar-refractivity contribution in [1.29, 1.82) is 0 Å². The molecule has 0 aromatic heterocycles. The van der Waals surface area contributed by atoms with Gasteiger partial charge in [-0.3, -0.25) is 4.90 Å². The molecule has 1 aromatic carbocycles. The number of fused-ring (bicyclic) bond motifs is 3. The number of hydrogen-bond acceptors (Lipinski definition) is 3. The van der Waals surface area contributed by atoms with E-state index in [9.17, 15) is 0 Å². The van der Waals surface area contributed by atoms with E-state index in [2.05, 4.69) is 17.0 Å². The average Bonchev–Trinajstić information content (AvgIpc) is 2.58. The standard InChI is InChI=1S/C19H25NO2/c1-21-18-10-14-7-8-20-12-15-6-4-3-5-13(15)9-17(20)16(14)11-19(18)22-2/h10-11,17H,3-9,12H2,1-2H3/t17-/m0/s1. The number of ether oxygens (including phenoxy) is 2. The van der Waals surface area contributed by atoms with Crippen molar-refractivity contribution in [2.24, 2.45) is 0 Å². The first-order chi connectivity index (χ1) is 10.8. The zero-order chi connectivity index (χ0) is 15.1. The van der Waals surface area contributed by atoms with E-state index >= 15 is 0 Å². The van der Waals surface area contributed by atoms with Gasteiger partial charge in [0.15, 0.2) is 11.5 Å². The number of benzene rings is 1. The van der Waals surface area contributed by atoms with Gasteiger partial charge in [0.1, 0.15) is 0 Å². The van der Waals surface area contributed by atoms with Crippen LogP contribution in [-0.4, -0.2) is 32.2 Å². The highest BCUT2D eigenvalue weighted by molar-refractivity contribution is 5.50. The molecule has 4 rings (SSSR count). The number of methoxy groups -OCH3 is 2. The molecule has 0 saturated carbocycles. The highest BCUT2D eigenvalue weighted by Crippen LogP contribution is 2.45. The minimum atomic E-state index is 0.542. The third kappa shape index (κ3) is 2.23. The Hall–Kier alpha value is -1.48. The average molecular weight is 299 g/mol. The molecular weight excluding hydrogens is 274 g/mol. The number of nitrogens with zero attached hydrogens (tertiary/aromatic N) is 1. The van der Waals surface area contributed by atoms with E-state index in [4.69, 9.17) is 9.47 Å². The molecule has 0 amide bonds. The van der Waals surface area contributed by atoms with Crippen molar-refractivity contribution < 1.29 is 9.47 Å². The van der Waals surface area contributed by atoms with E-state index in [1.54, 1.807) is 25.4 Å². The molecule has 2 heterocycles. The first-order valence-corrected chi connectivity index (χ1v) is 8.48. The van der Waals surface area contributed by atoms with Crippen LogP contribution in [0.5, 0.6) is 11.5 Å². The van der Waals surface area contributed by atoms with Crippen molar-refractivity contribution in [3.63, 3.8) is 0 Å². The largest absolute Gasteiger partial charge is 0.493 e. The first kappa shape index (κ1) is 14.1. The maximum absolute atomic E-state index is 5.53. The van der Waals surface area contributed by atoms with Gasteiger partial charge in [-0.1, -0.05) is 11.1 Å². The summed E-state index contributed by atoms with van der Waals surface area (Å²) in [6.07, 6.45) is 7.76. The van der Waals surface area contributed by atoms with E-state index < -0.39 is 0 Å². The van der Waals surface area contributed by atoms with Gasteiger partial charge in [0.25, 0.3) is 0 Å². The summed E-state index contributed by atoms with van der Waals surface area (Å²) in [5, 5.41) is 0. The second-order valence-corrected chi connectivity index (χ2v) is 6.76. The van der Waals surface area contributed by atoms with Crippen LogP contribution in [0.3, 0.4) is 0 Å². The van der Waals surface area contributed by atoms with Gasteiger partial charge >= 0.3 is 0 Å². The Labute approximate surface area is 132 Å². The lowest BCUT2D eigenvalue weighted by Gasteiger charge is -2.43. The fraction of sp³-hybridized carbons (Fsp3) is 0.579. The van der Waals surface area contributed by atoms with Crippen LogP contribution in [0, 0.1) is 0 Å². The normalized spacial score (nSPS) is 24.4. The summed E-state index contributed by atoms with van der Waals surface area (Å²) in [5.74, 6) is 1.73. The Kier molecular flexibility index (Phi) is 3.61. The van der Waals surface area contributed by atoms with Crippen molar-refractivity contribution in [2.45, 2.75) is 44.6 Å². The minimum absolute atomic E-state index is 0.542. The van der Waals surface area contributed by atoms with E-state index in [1.165, 1.54) is 56.3 Å². The summed E-state index contributed by atoms with van der Waals surface area (Å²) in [5.41, 5.74) is 6.39. The molecule has 3 nitrogen and oxygen atoms in total. The van der Waals surface area contributed by atoms with Crippen molar-refractivity contribution in [3.05, 3.63) is 34.4 Å². The Balaban J connectivity index is 1.72. The summed E-state index contributed by atoms with van der Waals surface area (Å²) in [4.78, 5) is 2.68. The number of rotatable bonds is 2. The lowest BCUT2D eigenvalue weighted by molar-refractivity contribution is 0.178. The van der Waals surface area contributed by atoms with Crippen molar-refractivity contribution >= 4 is 0 Å². The van der Waals surface area contributed by atoms with Gasteiger partial charge in [0, 0.05) is 19.1 Å². The molecule has 0 bridgehead atoms. The molecule has 22 heavy (non-hydrogen) atoms. The van der Waals surface area contributed by atoms with Crippen LogP contribution < -0.4 is 9.47 Å². The zero-order valence-electron chi connectivity index (χ0n) is 13.7. The van der Waals surface area contributed by atoms with Gasteiger partial charge in [-0.15, -0.1) is 0 Å². The van der Waals surface area contributed by atoms with Crippen LogP contribution in [-0.2, 0) is 6.42 Å². The van der Waals surface area contributed by atoms with Crippen LogP contribution in [0.15, 0.2) is 23.3 Å². The predicted molar refractivity (Wildman–Crippen MR) is 87.7 cm³/mol. The van der Waals surface area contributed by atoms with Crippen LogP contribution in [0.25, 0.3) is 0 Å². The SMILES string of the molecule is COc1cc2c(cc1OC)[C@@H]1CC3=C(CCCC3)CN1CC2. The fourth-order valence-electron chi connectivity index (χ4n) is 4.45. The lowest BCUT2D eigenvalue weighted by atomic mass is 9.79. The van der Waals surface area contributed by atoms with E-state index in [-0.39, 0.29) is 0 Å². The molecule has 0 fully saturated rings. The second-order valence-electron chi connectivity index (χ2n) is 6.76. The molecule has 0 saturated heterocycles. The topological polar surface area (TPSA) is 21.7 Å². The highest BCUT2D eigenvalue weighted by atomic mass is 16.5. The molecule has 1 aromatic rings. The first-order valence-electron chi connectivity index (χ1n) is 8.48. The Morgan fingerprint density at radius 3 is 2.45 bits per heavy atom. The summed E-state index contributed by atoms with van der Waals surface area (Å²) in [6, 6.07) is 4.95. The third-order valence-electron chi connectivity index (χ3n) is 5.65. The maximum atomic E-state index is 5.53. The Morgan fingerprint density at radius 1 is 0.955 bits per heavy atom. The monoisotopic (exact) mass is 299 g/mol. The van der Waals surface area contributed by atoms with Crippen molar-refractivity contribution in [3.8, 4) is 11.5 Å². The maximum Gasteiger partial charge on any atom is 0.161 e. The molecule has 1 atom stereocenters. The van der Waals surface area contributed by atoms with Gasteiger partial charge in [-0.25, -0.2) is 0 Å². The Morgan fingerprint density at radius 2 is 1.68 bits per heavy atom. The molecule has 3 heteroatoms. The van der Waals surface area contributed by atoms with Gasteiger partial charge in [-0.2, -0.15) is 0 Å². The van der Waals surface area contributed by atoms with Gasteiger partial charge < -0.3 is 9.47 Å². The van der Waals surface area contributed by atoms with Gasteiger partial charge in [-0.05, 0) is 61.8 Å². The molecular formula is C19H25NO2. The van der Waals surface area contributed by atoms with Crippen LogP contribution in [0.1, 0.15) is 49.3 Å². The molecule has 0 unspecified atom stereocenters. The van der Waals surface area contributed by atoms with Crippen LogP contribution in [0.4, 0.5) is 0 Å². The van der Waals surface area contributed by atoms with E-state index in [0.717, 1.165) is 17.9 Å². The zero-order valence-corrected chi connectivity index (χ0v) is 13.7. The second kappa shape index (κ2) is 5.62. The summed E-state index contributed by atoms with van der Waals surface area (Å²) in [7, 11) is 3.45. The molecule has 3 aliphatic rings. The lowest BCUT2D eigenvalue weighted by Crippen LogP contribution is -2.40. The smallest absolute Gasteiger partial charge is 0.161 e. The van der Waals surface area contributed by atoms with Crippen molar-refractivity contribution in [1.82, 2.24) is 4.90 Å². The van der Waals surface area contributed by atoms with E-state index in [1.807, 2.05) is 0 Å². The number of hydrogen-bond donors (Lipinski definition) is 0. The minimum Gasteiger partial charge on any atom is -0.493 e. The van der Waals surface area contributed by atoms with Gasteiger partial charge in [0.05, 0.1) is 14.2 Å². The Bertz CT molecular complexity index is 620. The fourth-order valence-corrected chi connectivity index (χ4v) is 4.45. The van der Waals surface area contributed by atoms with Crippen molar-refractivity contribution in [2.75, 3.05) is 27.3 Å². The summed E-state index contributed by atoms with van der Waals surface area (Å²) < 4.78 is 11.0. The summed E-state index contributed by atoms with van der Waals surface area (Å²) >= 11 is 0. The molecule has 0 radical (unpaired) electrons. The molecule has 0 N–H and O–H groups in total. The molecule has 2 aliphatic heterocycles. The predicted octanol–water partition coefficient (Wildman–Crippen LogP) is 3.88. The molecule has 118 valence electrons.